The van der Waals surface area contributed by atoms with Gasteiger partial charge in [0.2, 0.25) is 0 Å². The molecule has 0 spiro atoms. The number of amides is 1. The number of H-pyrrole nitrogens is 1. The SMILES string of the molecule is Cc1ccc(-c2cc(C(=O)N3CCCCC3CCO)[nH]n2)cc1. The monoisotopic (exact) mass is 313 g/mol. The van der Waals surface area contributed by atoms with Crippen LogP contribution in [-0.2, 0) is 0 Å². The van der Waals surface area contributed by atoms with Crippen LogP contribution in [0, 0.1) is 6.92 Å². The number of nitrogens with one attached hydrogen (secondary N) is 1. The fourth-order valence-electron chi connectivity index (χ4n) is 3.18. The standard InChI is InChI=1S/C18H23N3O2/c1-13-5-7-14(8-6-13)16-12-17(20-19-16)18(23)21-10-3-2-4-15(21)9-11-22/h5-8,12,15,22H,2-4,9-11H2,1H3,(H,19,20). The molecule has 0 radical (unpaired) electrons. The fraction of sp³-hybridized carbons (Fsp3) is 0.444. The minimum Gasteiger partial charge on any atom is -0.396 e. The maximum Gasteiger partial charge on any atom is 0.272 e. The number of aryl methyl sites for hydroxylation is 1. The van der Waals surface area contributed by atoms with Crippen molar-refractivity contribution in [3.05, 3.63) is 41.6 Å². The zero-order valence-electron chi connectivity index (χ0n) is 13.5. The Labute approximate surface area is 136 Å². The molecule has 2 aromatic rings. The number of aliphatic hydroxyl groups excluding tert-OH is 1. The van der Waals surface area contributed by atoms with E-state index >= 15 is 0 Å². The highest BCUT2D eigenvalue weighted by atomic mass is 16.3. The van der Waals surface area contributed by atoms with Crippen LogP contribution in [0.4, 0.5) is 0 Å². The van der Waals surface area contributed by atoms with Gasteiger partial charge < -0.3 is 10.0 Å². The molecule has 2 N–H and O–H groups in total. The zero-order chi connectivity index (χ0) is 16.2. The van der Waals surface area contributed by atoms with Crippen molar-refractivity contribution in [3.63, 3.8) is 0 Å². The first-order chi connectivity index (χ1) is 11.2. The summed E-state index contributed by atoms with van der Waals surface area (Å²) < 4.78 is 0. The van der Waals surface area contributed by atoms with Gasteiger partial charge in [-0.3, -0.25) is 9.89 Å². The molecule has 23 heavy (non-hydrogen) atoms. The Balaban J connectivity index is 1.78. The highest BCUT2D eigenvalue weighted by Gasteiger charge is 2.28. The summed E-state index contributed by atoms with van der Waals surface area (Å²) in [5, 5.41) is 16.4. The van der Waals surface area contributed by atoms with Crippen molar-refractivity contribution in [2.45, 2.75) is 38.6 Å². The first kappa shape index (κ1) is 15.7. The van der Waals surface area contributed by atoms with Gasteiger partial charge >= 0.3 is 0 Å². The Kier molecular flexibility index (Phi) is 4.76. The molecule has 1 aromatic carbocycles. The third-order valence-electron chi connectivity index (χ3n) is 4.51. The van der Waals surface area contributed by atoms with Crippen molar-refractivity contribution < 1.29 is 9.90 Å². The molecule has 1 aliphatic heterocycles. The van der Waals surface area contributed by atoms with Gasteiger partial charge in [-0.05, 0) is 38.7 Å². The third kappa shape index (κ3) is 3.45. The van der Waals surface area contributed by atoms with Gasteiger partial charge in [0.15, 0.2) is 0 Å². The van der Waals surface area contributed by atoms with Crippen LogP contribution in [0.5, 0.6) is 0 Å². The van der Waals surface area contributed by atoms with Gasteiger partial charge in [0.05, 0.1) is 5.69 Å². The van der Waals surface area contributed by atoms with Gasteiger partial charge in [0, 0.05) is 24.8 Å². The topological polar surface area (TPSA) is 69.2 Å². The lowest BCUT2D eigenvalue weighted by molar-refractivity contribution is 0.0568. The molecule has 2 heterocycles. The molecule has 5 nitrogen and oxygen atoms in total. The molecule has 0 saturated carbocycles. The first-order valence-electron chi connectivity index (χ1n) is 8.23. The van der Waals surface area contributed by atoms with E-state index in [-0.39, 0.29) is 18.6 Å². The Morgan fingerprint density at radius 1 is 1.35 bits per heavy atom. The summed E-state index contributed by atoms with van der Waals surface area (Å²) in [6.45, 7) is 2.91. The average molecular weight is 313 g/mol. The Morgan fingerprint density at radius 2 is 2.13 bits per heavy atom. The number of aromatic amines is 1. The molecule has 1 atom stereocenters. The highest BCUT2D eigenvalue weighted by Crippen LogP contribution is 2.23. The van der Waals surface area contributed by atoms with E-state index in [9.17, 15) is 9.90 Å². The van der Waals surface area contributed by atoms with E-state index in [1.807, 2.05) is 42.2 Å². The van der Waals surface area contributed by atoms with E-state index in [1.54, 1.807) is 0 Å². The van der Waals surface area contributed by atoms with E-state index in [1.165, 1.54) is 5.56 Å². The Morgan fingerprint density at radius 3 is 2.87 bits per heavy atom. The molecule has 1 aromatic heterocycles. The number of hydrogen-bond donors (Lipinski definition) is 2. The van der Waals surface area contributed by atoms with Gasteiger partial charge in [0.1, 0.15) is 5.69 Å². The van der Waals surface area contributed by atoms with E-state index < -0.39 is 0 Å². The first-order valence-corrected chi connectivity index (χ1v) is 8.23. The van der Waals surface area contributed by atoms with E-state index in [2.05, 4.69) is 10.2 Å². The zero-order valence-corrected chi connectivity index (χ0v) is 13.5. The van der Waals surface area contributed by atoms with Gasteiger partial charge in [0.25, 0.3) is 5.91 Å². The van der Waals surface area contributed by atoms with E-state index in [0.717, 1.165) is 37.1 Å². The minimum absolute atomic E-state index is 0.0194. The second-order valence-electron chi connectivity index (χ2n) is 6.19. The minimum atomic E-state index is -0.0194. The maximum atomic E-state index is 12.8. The summed E-state index contributed by atoms with van der Waals surface area (Å²) in [6.07, 6.45) is 3.74. The number of benzene rings is 1. The van der Waals surface area contributed by atoms with Gasteiger partial charge in [-0.1, -0.05) is 29.8 Å². The van der Waals surface area contributed by atoms with E-state index in [4.69, 9.17) is 0 Å². The Bertz CT molecular complexity index is 661. The predicted molar refractivity (Wildman–Crippen MR) is 89.1 cm³/mol. The lowest BCUT2D eigenvalue weighted by atomic mass is 9.99. The molecule has 0 aliphatic carbocycles. The largest absolute Gasteiger partial charge is 0.396 e. The number of nitrogens with zero attached hydrogens (tertiary/aromatic N) is 2. The summed E-state index contributed by atoms with van der Waals surface area (Å²) in [6, 6.07) is 10.0. The quantitative estimate of drug-likeness (QED) is 0.912. The Hall–Kier alpha value is -2.14. The summed E-state index contributed by atoms with van der Waals surface area (Å²) >= 11 is 0. The van der Waals surface area contributed by atoms with Crippen molar-refractivity contribution in [3.8, 4) is 11.3 Å². The number of rotatable bonds is 4. The van der Waals surface area contributed by atoms with Crippen LogP contribution in [0.3, 0.4) is 0 Å². The van der Waals surface area contributed by atoms with Crippen LogP contribution in [0.2, 0.25) is 0 Å². The third-order valence-corrected chi connectivity index (χ3v) is 4.51. The van der Waals surface area contributed by atoms with Gasteiger partial charge in [-0.25, -0.2) is 0 Å². The molecule has 3 rings (SSSR count). The smallest absolute Gasteiger partial charge is 0.272 e. The molecule has 122 valence electrons. The van der Waals surface area contributed by atoms with Crippen molar-refractivity contribution in [2.24, 2.45) is 0 Å². The van der Waals surface area contributed by atoms with E-state index in [0.29, 0.717) is 12.1 Å². The average Bonchev–Trinajstić information content (AvgIpc) is 3.06. The van der Waals surface area contributed by atoms with Crippen LogP contribution in [0.25, 0.3) is 11.3 Å². The van der Waals surface area contributed by atoms with Crippen LogP contribution in [0.1, 0.15) is 41.7 Å². The number of piperidine rings is 1. The summed E-state index contributed by atoms with van der Waals surface area (Å²) in [4.78, 5) is 14.6. The number of carbonyl (C=O) groups is 1. The molecule has 1 fully saturated rings. The summed E-state index contributed by atoms with van der Waals surface area (Å²) in [7, 11) is 0. The molecule has 1 saturated heterocycles. The number of aliphatic hydroxyl groups is 1. The molecule has 1 unspecified atom stereocenters. The lowest BCUT2D eigenvalue weighted by Gasteiger charge is -2.35. The van der Waals surface area contributed by atoms with Crippen molar-refractivity contribution in [1.82, 2.24) is 15.1 Å². The van der Waals surface area contributed by atoms with Gasteiger partial charge in [-0.2, -0.15) is 5.10 Å². The fourth-order valence-corrected chi connectivity index (χ4v) is 3.18. The molecule has 1 amide bonds. The van der Waals surface area contributed by atoms with Crippen LogP contribution in [-0.4, -0.2) is 45.3 Å². The van der Waals surface area contributed by atoms with Crippen molar-refractivity contribution >= 4 is 5.91 Å². The summed E-state index contributed by atoms with van der Waals surface area (Å²) in [5.41, 5.74) is 3.49. The molecular weight excluding hydrogens is 290 g/mol. The molecular formula is C18H23N3O2. The molecule has 1 aliphatic rings. The van der Waals surface area contributed by atoms with Crippen molar-refractivity contribution in [1.29, 1.82) is 0 Å². The van der Waals surface area contributed by atoms with Crippen LogP contribution < -0.4 is 0 Å². The lowest BCUT2D eigenvalue weighted by Crippen LogP contribution is -2.44. The number of aromatic nitrogens is 2. The van der Waals surface area contributed by atoms with Crippen LogP contribution in [0.15, 0.2) is 30.3 Å². The highest BCUT2D eigenvalue weighted by molar-refractivity contribution is 5.93. The normalized spacial score (nSPS) is 18.2. The van der Waals surface area contributed by atoms with Crippen molar-refractivity contribution in [2.75, 3.05) is 13.2 Å². The van der Waals surface area contributed by atoms with Gasteiger partial charge in [-0.15, -0.1) is 0 Å². The second kappa shape index (κ2) is 6.96. The maximum absolute atomic E-state index is 12.8. The number of carbonyl (C=O) groups excluding carboxylic acids is 1. The second-order valence-corrected chi connectivity index (χ2v) is 6.19. The predicted octanol–water partition coefficient (Wildman–Crippen LogP) is 2.76. The molecule has 0 bridgehead atoms. The number of likely N-dealkylation sites (tertiary alicyclic amines) is 1. The van der Waals surface area contributed by atoms with Crippen LogP contribution >= 0.6 is 0 Å². The number of hydrogen-bond acceptors (Lipinski definition) is 3. The molecule has 5 heteroatoms. The summed E-state index contributed by atoms with van der Waals surface area (Å²) in [5.74, 6) is -0.0194.